The Balaban J connectivity index is 2.02. The summed E-state index contributed by atoms with van der Waals surface area (Å²) < 4.78 is 0. The van der Waals surface area contributed by atoms with Crippen LogP contribution in [0.4, 0.5) is 0 Å². The molecule has 0 spiro atoms. The molecule has 84 valence electrons. The van der Waals surface area contributed by atoms with Gasteiger partial charge in [0.1, 0.15) is 0 Å². The number of nitrogens with one attached hydrogen (secondary N) is 1. The van der Waals surface area contributed by atoms with Crippen LogP contribution in [0.2, 0.25) is 0 Å². The van der Waals surface area contributed by atoms with Crippen molar-refractivity contribution in [1.29, 1.82) is 0 Å². The summed E-state index contributed by atoms with van der Waals surface area (Å²) >= 11 is 1.93. The van der Waals surface area contributed by atoms with Crippen LogP contribution in [0.1, 0.15) is 43.9 Å². The number of rotatable bonds is 3. The fourth-order valence-electron chi connectivity index (χ4n) is 2.69. The second-order valence-electron chi connectivity index (χ2n) is 4.67. The molecule has 15 heavy (non-hydrogen) atoms. The first-order chi connectivity index (χ1) is 7.31. The normalized spacial score (nSPS) is 31.7. The number of thiophene rings is 1. The first kappa shape index (κ1) is 11.2. The van der Waals surface area contributed by atoms with Gasteiger partial charge in [0.05, 0.1) is 0 Å². The molecular formula is C13H21NS. The van der Waals surface area contributed by atoms with Crippen LogP contribution in [0.15, 0.2) is 17.5 Å². The molecule has 3 atom stereocenters. The third-order valence-corrected chi connectivity index (χ3v) is 4.60. The van der Waals surface area contributed by atoms with Gasteiger partial charge in [-0.3, -0.25) is 0 Å². The molecule has 1 aromatic rings. The van der Waals surface area contributed by atoms with E-state index in [-0.39, 0.29) is 0 Å². The summed E-state index contributed by atoms with van der Waals surface area (Å²) in [6.07, 6.45) is 4.06. The summed E-state index contributed by atoms with van der Waals surface area (Å²) in [4.78, 5) is 1.59. The van der Waals surface area contributed by atoms with Crippen LogP contribution in [-0.4, -0.2) is 12.6 Å². The molecule has 0 radical (unpaired) electrons. The molecule has 1 nitrogen and oxygen atoms in total. The Morgan fingerprint density at radius 2 is 2.33 bits per heavy atom. The molecule has 1 heterocycles. The fourth-order valence-corrected chi connectivity index (χ4v) is 3.67. The van der Waals surface area contributed by atoms with Crippen LogP contribution in [0.5, 0.6) is 0 Å². The fraction of sp³-hybridized carbons (Fsp3) is 0.692. The van der Waals surface area contributed by atoms with Gasteiger partial charge >= 0.3 is 0 Å². The van der Waals surface area contributed by atoms with Crippen LogP contribution < -0.4 is 5.32 Å². The highest BCUT2D eigenvalue weighted by molar-refractivity contribution is 7.10. The van der Waals surface area contributed by atoms with Crippen molar-refractivity contribution in [1.82, 2.24) is 5.32 Å². The van der Waals surface area contributed by atoms with E-state index in [9.17, 15) is 0 Å². The minimum atomic E-state index is 0.748. The maximum absolute atomic E-state index is 3.60. The van der Waals surface area contributed by atoms with Gasteiger partial charge in [0.15, 0.2) is 0 Å². The van der Waals surface area contributed by atoms with E-state index in [1.807, 2.05) is 11.3 Å². The Morgan fingerprint density at radius 3 is 3.00 bits per heavy atom. The standard InChI is InChI=1S/C13H21NS/c1-3-14-11-7-6-10(2)12(9-11)13-5-4-8-15-13/h4-5,8,10-12,14H,3,6-7,9H2,1-2H3. The smallest absolute Gasteiger partial charge is 0.00794 e. The molecule has 1 N–H and O–H groups in total. The van der Waals surface area contributed by atoms with E-state index in [2.05, 4.69) is 36.7 Å². The maximum Gasteiger partial charge on any atom is 0.00794 e. The summed E-state index contributed by atoms with van der Waals surface area (Å²) in [5.41, 5.74) is 0. The van der Waals surface area contributed by atoms with E-state index >= 15 is 0 Å². The molecule has 2 rings (SSSR count). The van der Waals surface area contributed by atoms with Crippen molar-refractivity contribution < 1.29 is 0 Å². The van der Waals surface area contributed by atoms with Gasteiger partial charge in [-0.05, 0) is 49.1 Å². The highest BCUT2D eigenvalue weighted by Gasteiger charge is 2.28. The second kappa shape index (κ2) is 5.13. The van der Waals surface area contributed by atoms with E-state index in [0.29, 0.717) is 0 Å². The average molecular weight is 223 g/mol. The molecule has 2 heteroatoms. The zero-order chi connectivity index (χ0) is 10.7. The first-order valence-corrected chi connectivity index (χ1v) is 6.96. The Hall–Kier alpha value is -0.340. The molecule has 3 unspecified atom stereocenters. The molecule has 0 aromatic carbocycles. The second-order valence-corrected chi connectivity index (χ2v) is 5.65. The van der Waals surface area contributed by atoms with Crippen molar-refractivity contribution in [3.05, 3.63) is 22.4 Å². The molecule has 1 aliphatic rings. The van der Waals surface area contributed by atoms with E-state index in [4.69, 9.17) is 0 Å². The molecule has 1 fully saturated rings. The molecule has 0 amide bonds. The van der Waals surface area contributed by atoms with E-state index < -0.39 is 0 Å². The van der Waals surface area contributed by atoms with Crippen LogP contribution >= 0.6 is 11.3 Å². The van der Waals surface area contributed by atoms with Crippen molar-refractivity contribution in [2.75, 3.05) is 6.54 Å². The summed E-state index contributed by atoms with van der Waals surface area (Å²) in [6, 6.07) is 5.24. The zero-order valence-electron chi connectivity index (χ0n) is 9.70. The van der Waals surface area contributed by atoms with E-state index in [1.54, 1.807) is 4.88 Å². The van der Waals surface area contributed by atoms with Gasteiger partial charge < -0.3 is 5.32 Å². The Bertz CT molecular complexity index is 281. The predicted octanol–water partition coefficient (Wildman–Crippen LogP) is 3.63. The van der Waals surface area contributed by atoms with Gasteiger partial charge in [-0.1, -0.05) is 19.9 Å². The first-order valence-electron chi connectivity index (χ1n) is 6.08. The Kier molecular flexibility index (Phi) is 3.81. The van der Waals surface area contributed by atoms with Crippen LogP contribution in [0.3, 0.4) is 0 Å². The average Bonchev–Trinajstić information content (AvgIpc) is 2.74. The molecule has 0 bridgehead atoms. The van der Waals surface area contributed by atoms with Crippen LogP contribution in [0, 0.1) is 5.92 Å². The predicted molar refractivity (Wildman–Crippen MR) is 67.5 cm³/mol. The summed E-state index contributed by atoms with van der Waals surface area (Å²) in [5, 5.41) is 5.81. The summed E-state index contributed by atoms with van der Waals surface area (Å²) in [5.74, 6) is 1.65. The lowest BCUT2D eigenvalue weighted by Gasteiger charge is -2.34. The van der Waals surface area contributed by atoms with E-state index in [0.717, 1.165) is 24.4 Å². The summed E-state index contributed by atoms with van der Waals surface area (Å²) in [6.45, 7) is 5.72. The van der Waals surface area contributed by atoms with Crippen LogP contribution in [0.25, 0.3) is 0 Å². The van der Waals surface area contributed by atoms with Crippen molar-refractivity contribution >= 4 is 11.3 Å². The highest BCUT2D eigenvalue weighted by Crippen LogP contribution is 2.39. The van der Waals surface area contributed by atoms with Crippen molar-refractivity contribution in [2.24, 2.45) is 5.92 Å². The molecule has 1 aliphatic carbocycles. The minimum absolute atomic E-state index is 0.748. The quantitative estimate of drug-likeness (QED) is 0.825. The highest BCUT2D eigenvalue weighted by atomic mass is 32.1. The monoisotopic (exact) mass is 223 g/mol. The number of hydrogen-bond acceptors (Lipinski definition) is 2. The Labute approximate surface area is 96.9 Å². The van der Waals surface area contributed by atoms with Crippen molar-refractivity contribution in [3.8, 4) is 0 Å². The third kappa shape index (κ3) is 2.61. The van der Waals surface area contributed by atoms with Gasteiger partial charge in [-0.25, -0.2) is 0 Å². The maximum atomic E-state index is 3.60. The lowest BCUT2D eigenvalue weighted by molar-refractivity contribution is 0.273. The lowest BCUT2D eigenvalue weighted by atomic mass is 9.77. The Morgan fingerprint density at radius 1 is 1.47 bits per heavy atom. The summed E-state index contributed by atoms with van der Waals surface area (Å²) in [7, 11) is 0. The van der Waals surface area contributed by atoms with Gasteiger partial charge in [-0.15, -0.1) is 11.3 Å². The lowest BCUT2D eigenvalue weighted by Crippen LogP contribution is -2.35. The van der Waals surface area contributed by atoms with Gasteiger partial charge in [0.25, 0.3) is 0 Å². The minimum Gasteiger partial charge on any atom is -0.314 e. The largest absolute Gasteiger partial charge is 0.314 e. The molecule has 0 saturated heterocycles. The van der Waals surface area contributed by atoms with Gasteiger partial charge in [0, 0.05) is 10.9 Å². The molecule has 1 aromatic heterocycles. The molecular weight excluding hydrogens is 202 g/mol. The zero-order valence-corrected chi connectivity index (χ0v) is 10.5. The molecule has 0 aliphatic heterocycles. The van der Waals surface area contributed by atoms with E-state index in [1.165, 1.54) is 19.3 Å². The topological polar surface area (TPSA) is 12.0 Å². The third-order valence-electron chi connectivity index (χ3n) is 3.60. The SMILES string of the molecule is CCNC1CCC(C)C(c2cccs2)C1. The van der Waals surface area contributed by atoms with Gasteiger partial charge in [-0.2, -0.15) is 0 Å². The van der Waals surface area contributed by atoms with Crippen molar-refractivity contribution in [3.63, 3.8) is 0 Å². The van der Waals surface area contributed by atoms with Gasteiger partial charge in [0.2, 0.25) is 0 Å². The molecule has 1 saturated carbocycles. The number of hydrogen-bond donors (Lipinski definition) is 1. The van der Waals surface area contributed by atoms with Crippen molar-refractivity contribution in [2.45, 2.75) is 45.1 Å². The van der Waals surface area contributed by atoms with Crippen LogP contribution in [-0.2, 0) is 0 Å².